The molecule has 0 amide bonds. The average Bonchev–Trinajstić information content (AvgIpc) is 3.34. The summed E-state index contributed by atoms with van der Waals surface area (Å²) in [4.78, 5) is 5.13. The van der Waals surface area contributed by atoms with Crippen molar-refractivity contribution in [2.24, 2.45) is 0 Å². The van der Waals surface area contributed by atoms with E-state index in [2.05, 4.69) is 41.8 Å². The standard InChI is InChI=1S/C18H22O3S3Si/c1-4-19-25(20-5-2,21-6-3)18-12-11-17(24-18)16-10-9-15(23-16)14-8-7-13-22-14/h7-13H,4-6H2,1-3H3. The van der Waals surface area contributed by atoms with Gasteiger partial charge in [-0.25, -0.2) is 0 Å². The van der Waals surface area contributed by atoms with Crippen LogP contribution in [0.15, 0.2) is 41.8 Å². The molecular weight excluding hydrogens is 388 g/mol. The molecule has 0 aliphatic heterocycles. The van der Waals surface area contributed by atoms with Crippen molar-refractivity contribution in [1.29, 1.82) is 0 Å². The van der Waals surface area contributed by atoms with Gasteiger partial charge in [0.1, 0.15) is 0 Å². The molecule has 0 saturated heterocycles. The Kier molecular flexibility index (Phi) is 6.62. The minimum absolute atomic E-state index is 0.584. The molecule has 0 aromatic carbocycles. The van der Waals surface area contributed by atoms with Crippen molar-refractivity contribution >= 4 is 47.3 Å². The molecule has 25 heavy (non-hydrogen) atoms. The Morgan fingerprint density at radius 3 is 1.84 bits per heavy atom. The van der Waals surface area contributed by atoms with Gasteiger partial charge in [0.05, 0.1) is 4.50 Å². The molecule has 0 fully saturated rings. The third-order valence-corrected chi connectivity index (χ3v) is 10.6. The maximum atomic E-state index is 6.02. The molecule has 0 aliphatic rings. The first-order chi connectivity index (χ1) is 12.2. The van der Waals surface area contributed by atoms with E-state index >= 15 is 0 Å². The third-order valence-electron chi connectivity index (χ3n) is 3.52. The van der Waals surface area contributed by atoms with Crippen molar-refractivity contribution in [3.05, 3.63) is 41.8 Å². The van der Waals surface area contributed by atoms with Crippen molar-refractivity contribution in [2.45, 2.75) is 20.8 Å². The molecule has 0 saturated carbocycles. The van der Waals surface area contributed by atoms with Gasteiger partial charge >= 0.3 is 8.80 Å². The van der Waals surface area contributed by atoms with Gasteiger partial charge in [0, 0.05) is 39.3 Å². The van der Waals surface area contributed by atoms with E-state index in [-0.39, 0.29) is 0 Å². The van der Waals surface area contributed by atoms with E-state index in [1.54, 1.807) is 22.7 Å². The van der Waals surface area contributed by atoms with E-state index in [4.69, 9.17) is 13.3 Å². The van der Waals surface area contributed by atoms with Crippen LogP contribution in [0.25, 0.3) is 19.5 Å². The minimum Gasteiger partial charge on any atom is -0.370 e. The fourth-order valence-corrected chi connectivity index (χ4v) is 8.72. The summed E-state index contributed by atoms with van der Waals surface area (Å²) in [6, 6.07) is 12.9. The fraction of sp³-hybridized carbons (Fsp3) is 0.333. The summed E-state index contributed by atoms with van der Waals surface area (Å²) >= 11 is 5.32. The molecule has 0 N–H and O–H groups in total. The summed E-state index contributed by atoms with van der Waals surface area (Å²) in [5.74, 6) is 0. The van der Waals surface area contributed by atoms with E-state index < -0.39 is 8.80 Å². The van der Waals surface area contributed by atoms with Crippen LogP contribution in [0.1, 0.15) is 20.8 Å². The second-order valence-corrected chi connectivity index (χ2v) is 11.2. The molecule has 0 spiro atoms. The van der Waals surface area contributed by atoms with Gasteiger partial charge in [-0.1, -0.05) is 6.07 Å². The lowest BCUT2D eigenvalue weighted by Gasteiger charge is -2.27. The number of rotatable bonds is 9. The normalized spacial score (nSPS) is 12.0. The zero-order valence-corrected chi connectivity index (χ0v) is 18.1. The molecule has 7 heteroatoms. The molecule has 3 heterocycles. The lowest BCUT2D eigenvalue weighted by Crippen LogP contribution is -2.55. The van der Waals surface area contributed by atoms with Crippen molar-refractivity contribution in [2.75, 3.05) is 19.8 Å². The molecule has 3 nitrogen and oxygen atoms in total. The van der Waals surface area contributed by atoms with Crippen LogP contribution >= 0.6 is 34.0 Å². The second kappa shape index (κ2) is 8.72. The Hall–Kier alpha value is -0.803. The molecule has 0 aliphatic carbocycles. The first-order valence-electron chi connectivity index (χ1n) is 8.38. The number of thiophene rings is 3. The Bertz CT molecular complexity index is 762. The molecule has 134 valence electrons. The Morgan fingerprint density at radius 2 is 1.28 bits per heavy atom. The molecule has 0 radical (unpaired) electrons. The van der Waals surface area contributed by atoms with E-state index in [0.29, 0.717) is 19.8 Å². The third kappa shape index (κ3) is 4.14. The zero-order valence-electron chi connectivity index (χ0n) is 14.6. The Labute approximate surface area is 162 Å². The van der Waals surface area contributed by atoms with Gasteiger partial charge in [0.2, 0.25) is 0 Å². The van der Waals surface area contributed by atoms with Crippen LogP contribution in [0.4, 0.5) is 0 Å². The van der Waals surface area contributed by atoms with Gasteiger partial charge in [-0.15, -0.1) is 34.0 Å². The van der Waals surface area contributed by atoms with Crippen LogP contribution in [0.5, 0.6) is 0 Å². The van der Waals surface area contributed by atoms with Crippen LogP contribution in [0.3, 0.4) is 0 Å². The lowest BCUT2D eigenvalue weighted by molar-refractivity contribution is 0.0866. The molecule has 3 aromatic heterocycles. The summed E-state index contributed by atoms with van der Waals surface area (Å²) in [5.41, 5.74) is 0. The largest absolute Gasteiger partial charge is 0.547 e. The van der Waals surface area contributed by atoms with Gasteiger partial charge in [-0.2, -0.15) is 0 Å². The van der Waals surface area contributed by atoms with Crippen molar-refractivity contribution in [3.63, 3.8) is 0 Å². The highest BCUT2D eigenvalue weighted by atomic mass is 32.1. The van der Waals surface area contributed by atoms with Crippen LogP contribution in [-0.4, -0.2) is 28.6 Å². The monoisotopic (exact) mass is 410 g/mol. The molecule has 0 atom stereocenters. The van der Waals surface area contributed by atoms with Gasteiger partial charge in [-0.3, -0.25) is 0 Å². The smallest absolute Gasteiger partial charge is 0.370 e. The highest BCUT2D eigenvalue weighted by molar-refractivity contribution is 7.30. The molecule has 0 unspecified atom stereocenters. The van der Waals surface area contributed by atoms with Crippen LogP contribution in [0, 0.1) is 0 Å². The first-order valence-corrected chi connectivity index (χ1v) is 12.6. The van der Waals surface area contributed by atoms with Gasteiger partial charge in [0.15, 0.2) is 0 Å². The summed E-state index contributed by atoms with van der Waals surface area (Å²) in [6.45, 7) is 7.71. The lowest BCUT2D eigenvalue weighted by atomic mass is 10.3. The average molecular weight is 411 g/mol. The first kappa shape index (κ1) is 19.0. The molecular formula is C18H22O3S3Si. The highest BCUT2D eigenvalue weighted by Crippen LogP contribution is 2.38. The fourth-order valence-electron chi connectivity index (χ4n) is 2.56. The van der Waals surface area contributed by atoms with E-state index in [1.165, 1.54) is 19.5 Å². The van der Waals surface area contributed by atoms with E-state index in [0.717, 1.165) is 4.50 Å². The van der Waals surface area contributed by atoms with Crippen LogP contribution in [0.2, 0.25) is 0 Å². The van der Waals surface area contributed by atoms with Crippen LogP contribution in [-0.2, 0) is 13.3 Å². The van der Waals surface area contributed by atoms with Crippen molar-refractivity contribution < 1.29 is 13.3 Å². The van der Waals surface area contributed by atoms with Gasteiger partial charge in [0.25, 0.3) is 0 Å². The molecule has 0 bridgehead atoms. The van der Waals surface area contributed by atoms with Crippen LogP contribution < -0.4 is 4.50 Å². The van der Waals surface area contributed by atoms with Crippen molar-refractivity contribution in [1.82, 2.24) is 0 Å². The van der Waals surface area contributed by atoms with E-state index in [9.17, 15) is 0 Å². The Morgan fingerprint density at radius 1 is 0.720 bits per heavy atom. The quantitative estimate of drug-likeness (QED) is 0.438. The maximum absolute atomic E-state index is 6.02. The van der Waals surface area contributed by atoms with E-state index in [1.807, 2.05) is 32.1 Å². The van der Waals surface area contributed by atoms with Gasteiger partial charge in [-0.05, 0) is 56.5 Å². The second-order valence-electron chi connectivity index (χ2n) is 5.16. The highest BCUT2D eigenvalue weighted by Gasteiger charge is 2.44. The molecule has 3 rings (SSSR count). The Balaban J connectivity index is 1.90. The number of hydrogen-bond donors (Lipinski definition) is 0. The number of hydrogen-bond acceptors (Lipinski definition) is 6. The molecule has 3 aromatic rings. The predicted octanol–water partition coefficient (Wildman–Crippen LogP) is 5.46. The predicted molar refractivity (Wildman–Crippen MR) is 111 cm³/mol. The SMILES string of the molecule is CCO[Si](OCC)(OCC)c1ccc(-c2ccc(-c3cccs3)s2)s1. The van der Waals surface area contributed by atoms with Gasteiger partial charge < -0.3 is 13.3 Å². The summed E-state index contributed by atoms with van der Waals surface area (Å²) in [5, 5.41) is 2.12. The minimum atomic E-state index is -2.80. The summed E-state index contributed by atoms with van der Waals surface area (Å²) in [6.07, 6.45) is 0. The summed E-state index contributed by atoms with van der Waals surface area (Å²) < 4.78 is 19.1. The topological polar surface area (TPSA) is 27.7 Å². The summed E-state index contributed by atoms with van der Waals surface area (Å²) in [7, 11) is -2.80. The zero-order chi connectivity index (χ0) is 17.7. The maximum Gasteiger partial charge on any atom is 0.547 e. The van der Waals surface area contributed by atoms with Crippen molar-refractivity contribution in [3.8, 4) is 19.5 Å².